The van der Waals surface area contributed by atoms with E-state index in [0.717, 1.165) is 19.4 Å². The van der Waals surface area contributed by atoms with Gasteiger partial charge >= 0.3 is 5.97 Å². The van der Waals surface area contributed by atoms with Crippen LogP contribution in [0.3, 0.4) is 0 Å². The average molecular weight is 355 g/mol. The maximum atomic E-state index is 13.5. The lowest BCUT2D eigenvalue weighted by Crippen LogP contribution is -2.12. The van der Waals surface area contributed by atoms with Crippen LogP contribution in [0, 0.1) is 5.82 Å². The molecule has 0 amide bonds. The second kappa shape index (κ2) is 7.07. The molecule has 1 aliphatic carbocycles. The van der Waals surface area contributed by atoms with E-state index in [1.807, 2.05) is 10.8 Å². The highest BCUT2D eigenvalue weighted by atomic mass is 19.1. The standard InChI is InChI=1S/C18H18FN5O2/c19-14-3-1-4-15(11-14)24-17(13-5-6-13)16(21-22-24)18(25)26-10-2-8-23-9-7-20-12-23/h1,3-4,7,9,11-13H,2,5-6,8,10H2. The van der Waals surface area contributed by atoms with E-state index in [1.54, 1.807) is 29.3 Å². The van der Waals surface area contributed by atoms with Gasteiger partial charge in [0.1, 0.15) is 5.82 Å². The van der Waals surface area contributed by atoms with Crippen molar-refractivity contribution >= 4 is 5.97 Å². The van der Waals surface area contributed by atoms with Gasteiger partial charge in [-0.15, -0.1) is 5.10 Å². The van der Waals surface area contributed by atoms with Crippen LogP contribution in [0.25, 0.3) is 5.69 Å². The Labute approximate surface area is 149 Å². The molecule has 0 N–H and O–H groups in total. The van der Waals surface area contributed by atoms with Crippen molar-refractivity contribution in [2.75, 3.05) is 6.61 Å². The molecule has 0 radical (unpaired) electrons. The fourth-order valence-electron chi connectivity index (χ4n) is 2.86. The van der Waals surface area contributed by atoms with Crippen molar-refractivity contribution in [1.29, 1.82) is 0 Å². The summed E-state index contributed by atoms with van der Waals surface area (Å²) in [5, 5.41) is 8.08. The molecule has 1 fully saturated rings. The summed E-state index contributed by atoms with van der Waals surface area (Å²) in [6.45, 7) is 1.01. The molecule has 1 aliphatic rings. The zero-order chi connectivity index (χ0) is 17.9. The number of imidazole rings is 1. The summed E-state index contributed by atoms with van der Waals surface area (Å²) < 4.78 is 22.3. The number of aromatic nitrogens is 5. The summed E-state index contributed by atoms with van der Waals surface area (Å²) in [7, 11) is 0. The number of carbonyl (C=O) groups excluding carboxylic acids is 1. The molecular formula is C18H18FN5O2. The first-order valence-electron chi connectivity index (χ1n) is 8.57. The summed E-state index contributed by atoms with van der Waals surface area (Å²) in [5.41, 5.74) is 1.48. The van der Waals surface area contributed by atoms with Gasteiger partial charge in [-0.05, 0) is 37.5 Å². The molecule has 7 nitrogen and oxygen atoms in total. The maximum Gasteiger partial charge on any atom is 0.360 e. The number of rotatable bonds is 7. The van der Waals surface area contributed by atoms with Crippen molar-refractivity contribution in [2.24, 2.45) is 0 Å². The monoisotopic (exact) mass is 355 g/mol. The summed E-state index contributed by atoms with van der Waals surface area (Å²) in [5.74, 6) is -0.634. The fraction of sp³-hybridized carbons (Fsp3) is 0.333. The topological polar surface area (TPSA) is 74.8 Å². The quantitative estimate of drug-likeness (QED) is 0.481. The van der Waals surface area contributed by atoms with Crippen molar-refractivity contribution in [3.63, 3.8) is 0 Å². The van der Waals surface area contributed by atoms with Gasteiger partial charge in [-0.1, -0.05) is 11.3 Å². The Morgan fingerprint density at radius 1 is 1.35 bits per heavy atom. The van der Waals surface area contributed by atoms with Gasteiger partial charge in [0.05, 0.1) is 24.3 Å². The van der Waals surface area contributed by atoms with E-state index in [-0.39, 0.29) is 24.0 Å². The highest BCUT2D eigenvalue weighted by Gasteiger charge is 2.34. The Morgan fingerprint density at radius 2 is 2.23 bits per heavy atom. The van der Waals surface area contributed by atoms with Crippen LogP contribution < -0.4 is 0 Å². The Hall–Kier alpha value is -3.03. The smallest absolute Gasteiger partial charge is 0.360 e. The molecule has 0 aliphatic heterocycles. The van der Waals surface area contributed by atoms with E-state index in [0.29, 0.717) is 17.8 Å². The van der Waals surface area contributed by atoms with Crippen LogP contribution in [-0.4, -0.2) is 37.1 Å². The Kier molecular flexibility index (Phi) is 4.47. The molecule has 1 aromatic carbocycles. The number of ether oxygens (including phenoxy) is 1. The van der Waals surface area contributed by atoms with Crippen molar-refractivity contribution < 1.29 is 13.9 Å². The minimum atomic E-state index is -0.486. The molecular weight excluding hydrogens is 337 g/mol. The Balaban J connectivity index is 1.46. The fourth-order valence-corrected chi connectivity index (χ4v) is 2.86. The Morgan fingerprint density at radius 3 is 2.96 bits per heavy atom. The lowest BCUT2D eigenvalue weighted by Gasteiger charge is -2.08. The van der Waals surface area contributed by atoms with Crippen LogP contribution in [0.2, 0.25) is 0 Å². The van der Waals surface area contributed by atoms with E-state index < -0.39 is 5.97 Å². The predicted octanol–water partition coefficient (Wildman–Crippen LogP) is 2.73. The summed E-state index contributed by atoms with van der Waals surface area (Å²) in [6, 6.07) is 6.09. The van der Waals surface area contributed by atoms with Crippen molar-refractivity contribution in [3.05, 3.63) is 60.2 Å². The molecule has 3 aromatic rings. The molecule has 4 rings (SSSR count). The lowest BCUT2D eigenvalue weighted by atomic mass is 10.2. The summed E-state index contributed by atoms with van der Waals surface area (Å²) in [6.07, 6.45) is 7.89. The van der Waals surface area contributed by atoms with Gasteiger partial charge in [-0.3, -0.25) is 0 Å². The minimum Gasteiger partial charge on any atom is -0.461 e. The highest BCUT2D eigenvalue weighted by Crippen LogP contribution is 2.42. The molecule has 134 valence electrons. The SMILES string of the molecule is O=C(OCCCn1ccnc1)c1nnn(-c2cccc(F)c2)c1C1CC1. The first-order chi connectivity index (χ1) is 12.7. The zero-order valence-electron chi connectivity index (χ0n) is 14.1. The van der Waals surface area contributed by atoms with Crippen LogP contribution in [0.1, 0.15) is 41.4 Å². The van der Waals surface area contributed by atoms with E-state index in [2.05, 4.69) is 15.3 Å². The van der Waals surface area contributed by atoms with Crippen molar-refractivity contribution in [3.8, 4) is 5.69 Å². The second-order valence-corrected chi connectivity index (χ2v) is 6.28. The number of aryl methyl sites for hydroxylation is 1. The van der Waals surface area contributed by atoms with Crippen LogP contribution in [0.5, 0.6) is 0 Å². The molecule has 0 bridgehead atoms. The number of halogens is 1. The molecule has 8 heteroatoms. The normalized spacial score (nSPS) is 13.7. The van der Waals surface area contributed by atoms with Crippen molar-refractivity contribution in [1.82, 2.24) is 24.5 Å². The van der Waals surface area contributed by atoms with Gasteiger partial charge in [-0.25, -0.2) is 18.9 Å². The van der Waals surface area contributed by atoms with Crippen LogP contribution in [0.15, 0.2) is 43.0 Å². The number of carbonyl (C=O) groups is 1. The molecule has 0 spiro atoms. The molecule has 1 saturated carbocycles. The van der Waals surface area contributed by atoms with Gasteiger partial charge in [-0.2, -0.15) is 0 Å². The minimum absolute atomic E-state index is 0.210. The van der Waals surface area contributed by atoms with Crippen molar-refractivity contribution in [2.45, 2.75) is 31.7 Å². The third-order valence-electron chi connectivity index (χ3n) is 4.27. The van der Waals surface area contributed by atoms with E-state index in [4.69, 9.17) is 4.74 Å². The van der Waals surface area contributed by atoms with Crippen LogP contribution >= 0.6 is 0 Å². The van der Waals surface area contributed by atoms with Gasteiger partial charge in [0.15, 0.2) is 5.69 Å². The first kappa shape index (κ1) is 16.4. The lowest BCUT2D eigenvalue weighted by molar-refractivity contribution is 0.0487. The van der Waals surface area contributed by atoms with Gasteiger partial charge in [0.25, 0.3) is 0 Å². The first-order valence-corrected chi connectivity index (χ1v) is 8.57. The molecule has 26 heavy (non-hydrogen) atoms. The zero-order valence-corrected chi connectivity index (χ0v) is 14.1. The number of hydrogen-bond acceptors (Lipinski definition) is 5. The largest absolute Gasteiger partial charge is 0.461 e. The number of esters is 1. The molecule has 0 atom stereocenters. The highest BCUT2D eigenvalue weighted by molar-refractivity contribution is 5.88. The Bertz CT molecular complexity index is 902. The molecule has 2 heterocycles. The van der Waals surface area contributed by atoms with Crippen LogP contribution in [-0.2, 0) is 11.3 Å². The molecule has 2 aromatic heterocycles. The van der Waals surface area contributed by atoms with Gasteiger partial charge in [0.2, 0.25) is 0 Å². The summed E-state index contributed by atoms with van der Waals surface area (Å²) in [4.78, 5) is 16.4. The number of benzene rings is 1. The average Bonchev–Trinajstić information content (AvgIpc) is 3.17. The third kappa shape index (κ3) is 3.49. The van der Waals surface area contributed by atoms with E-state index in [9.17, 15) is 9.18 Å². The van der Waals surface area contributed by atoms with Crippen LogP contribution in [0.4, 0.5) is 4.39 Å². The summed E-state index contributed by atoms with van der Waals surface area (Å²) >= 11 is 0. The molecule has 0 unspecified atom stereocenters. The number of nitrogens with zero attached hydrogens (tertiary/aromatic N) is 5. The van der Waals surface area contributed by atoms with E-state index in [1.165, 1.54) is 12.1 Å². The molecule has 0 saturated heterocycles. The number of hydrogen-bond donors (Lipinski definition) is 0. The third-order valence-corrected chi connectivity index (χ3v) is 4.27. The predicted molar refractivity (Wildman–Crippen MR) is 90.4 cm³/mol. The van der Waals surface area contributed by atoms with Gasteiger partial charge < -0.3 is 9.30 Å². The van der Waals surface area contributed by atoms with Gasteiger partial charge in [0, 0.05) is 24.9 Å². The maximum absolute atomic E-state index is 13.5. The van der Waals surface area contributed by atoms with E-state index >= 15 is 0 Å². The second-order valence-electron chi connectivity index (χ2n) is 6.28.